The molecule has 0 unspecified atom stereocenters. The van der Waals surface area contributed by atoms with Crippen LogP contribution in [-0.2, 0) is 9.59 Å². The number of amides is 1. The fourth-order valence-electron chi connectivity index (χ4n) is 2.02. The Balaban J connectivity index is 2.32. The predicted molar refractivity (Wildman–Crippen MR) is 63.7 cm³/mol. The quantitative estimate of drug-likeness (QED) is 0.748. The van der Waals surface area contributed by atoms with Crippen molar-refractivity contribution in [2.75, 3.05) is 17.2 Å². The number of anilines is 2. The van der Waals surface area contributed by atoms with Crippen LogP contribution >= 0.6 is 0 Å². The summed E-state index contributed by atoms with van der Waals surface area (Å²) in [6, 6.07) is 5.29. The molecule has 3 N–H and O–H groups in total. The number of hydrogen-bond donors (Lipinski definition) is 2. The van der Waals surface area contributed by atoms with Crippen LogP contribution in [0.25, 0.3) is 0 Å². The van der Waals surface area contributed by atoms with E-state index in [9.17, 15) is 9.59 Å². The van der Waals surface area contributed by atoms with Gasteiger partial charge < -0.3 is 15.7 Å². The van der Waals surface area contributed by atoms with Gasteiger partial charge in [0.25, 0.3) is 0 Å². The molecule has 0 radical (unpaired) electrons. The number of carboxylic acids is 1. The van der Waals surface area contributed by atoms with Crippen LogP contribution in [0.3, 0.4) is 0 Å². The van der Waals surface area contributed by atoms with Crippen LogP contribution in [-0.4, -0.2) is 23.5 Å². The van der Waals surface area contributed by atoms with E-state index < -0.39 is 11.9 Å². The zero-order valence-electron chi connectivity index (χ0n) is 9.51. The number of carbonyl (C=O) groups is 2. The molecular weight excluding hydrogens is 220 g/mol. The van der Waals surface area contributed by atoms with E-state index >= 15 is 0 Å². The molecule has 1 amide bonds. The number of nitrogens with zero attached hydrogens (tertiary/aromatic N) is 1. The molecule has 0 aromatic heterocycles. The average molecular weight is 234 g/mol. The van der Waals surface area contributed by atoms with Gasteiger partial charge in [-0.15, -0.1) is 0 Å². The maximum atomic E-state index is 11.8. The summed E-state index contributed by atoms with van der Waals surface area (Å²) in [6.45, 7) is 2.09. The number of benzene rings is 1. The predicted octanol–water partition coefficient (Wildman–Crippen LogP) is 1.01. The van der Waals surface area contributed by atoms with Gasteiger partial charge in [-0.25, -0.2) is 0 Å². The number of rotatable bonds is 2. The van der Waals surface area contributed by atoms with E-state index in [1.54, 1.807) is 12.1 Å². The Bertz CT molecular complexity index is 485. The van der Waals surface area contributed by atoms with Gasteiger partial charge in [0.1, 0.15) is 0 Å². The molecule has 5 heteroatoms. The minimum Gasteiger partial charge on any atom is -0.481 e. The summed E-state index contributed by atoms with van der Waals surface area (Å²) in [7, 11) is 0. The lowest BCUT2D eigenvalue weighted by Gasteiger charge is -2.19. The molecule has 5 nitrogen and oxygen atoms in total. The number of hydrogen-bond acceptors (Lipinski definition) is 3. The zero-order valence-corrected chi connectivity index (χ0v) is 9.51. The van der Waals surface area contributed by atoms with Crippen molar-refractivity contribution in [1.82, 2.24) is 0 Å². The molecule has 1 aliphatic rings. The summed E-state index contributed by atoms with van der Waals surface area (Å²) >= 11 is 0. The Morgan fingerprint density at radius 1 is 1.53 bits per heavy atom. The number of aryl methyl sites for hydroxylation is 1. The van der Waals surface area contributed by atoms with Crippen molar-refractivity contribution in [2.45, 2.75) is 13.3 Å². The number of carboxylic acid groups (broad SMARTS) is 1. The molecule has 17 heavy (non-hydrogen) atoms. The second kappa shape index (κ2) is 4.08. The standard InChI is InChI=1S/C12H14N2O3/c1-7-2-3-9(13)5-10(7)14-6-8(12(16)17)4-11(14)15/h2-3,5,8H,4,6,13H2,1H3,(H,16,17)/t8-/m0/s1. The first kappa shape index (κ1) is 11.4. The maximum Gasteiger partial charge on any atom is 0.308 e. The second-order valence-corrected chi connectivity index (χ2v) is 4.29. The molecule has 1 saturated heterocycles. The van der Waals surface area contributed by atoms with Crippen molar-refractivity contribution in [2.24, 2.45) is 5.92 Å². The minimum absolute atomic E-state index is 0.0591. The Morgan fingerprint density at radius 2 is 2.24 bits per heavy atom. The Morgan fingerprint density at radius 3 is 2.82 bits per heavy atom. The van der Waals surface area contributed by atoms with Crippen molar-refractivity contribution in [3.05, 3.63) is 23.8 Å². The third-order valence-corrected chi connectivity index (χ3v) is 3.00. The summed E-state index contributed by atoms with van der Waals surface area (Å²) in [4.78, 5) is 24.2. The summed E-state index contributed by atoms with van der Waals surface area (Å²) in [5.41, 5.74) is 7.87. The first-order chi connectivity index (χ1) is 7.99. The highest BCUT2D eigenvalue weighted by Crippen LogP contribution is 2.29. The van der Waals surface area contributed by atoms with Gasteiger partial charge in [0.2, 0.25) is 5.91 Å². The number of nitrogen functional groups attached to an aromatic ring is 1. The SMILES string of the molecule is Cc1ccc(N)cc1N1C[C@@H](C(=O)O)CC1=O. The average Bonchev–Trinajstić information content (AvgIpc) is 2.64. The van der Waals surface area contributed by atoms with Gasteiger partial charge in [-0.05, 0) is 24.6 Å². The van der Waals surface area contributed by atoms with E-state index in [-0.39, 0.29) is 18.9 Å². The smallest absolute Gasteiger partial charge is 0.308 e. The Hall–Kier alpha value is -2.04. The lowest BCUT2D eigenvalue weighted by molar-refractivity contribution is -0.141. The van der Waals surface area contributed by atoms with Gasteiger partial charge in [0.05, 0.1) is 5.92 Å². The highest BCUT2D eigenvalue weighted by Gasteiger charge is 2.35. The van der Waals surface area contributed by atoms with E-state index in [1.165, 1.54) is 4.90 Å². The van der Waals surface area contributed by atoms with Gasteiger partial charge in [0.15, 0.2) is 0 Å². The Labute approximate surface area is 98.8 Å². The maximum absolute atomic E-state index is 11.8. The van der Waals surface area contributed by atoms with E-state index in [4.69, 9.17) is 10.8 Å². The normalized spacial score (nSPS) is 19.7. The molecule has 1 aliphatic heterocycles. The first-order valence-corrected chi connectivity index (χ1v) is 5.38. The van der Waals surface area contributed by atoms with Crippen LogP contribution < -0.4 is 10.6 Å². The lowest BCUT2D eigenvalue weighted by Crippen LogP contribution is -2.26. The van der Waals surface area contributed by atoms with E-state index in [0.29, 0.717) is 11.4 Å². The summed E-state index contributed by atoms with van der Waals surface area (Å²) in [5.74, 6) is -1.71. The molecule has 1 heterocycles. The molecule has 0 spiro atoms. The summed E-state index contributed by atoms with van der Waals surface area (Å²) < 4.78 is 0. The van der Waals surface area contributed by atoms with Gasteiger partial charge >= 0.3 is 5.97 Å². The summed E-state index contributed by atoms with van der Waals surface area (Å²) in [6.07, 6.45) is 0.0591. The van der Waals surface area contributed by atoms with Gasteiger partial charge in [-0.3, -0.25) is 9.59 Å². The number of aliphatic carboxylic acids is 1. The van der Waals surface area contributed by atoms with Crippen LogP contribution in [0.4, 0.5) is 11.4 Å². The zero-order chi connectivity index (χ0) is 12.6. The molecule has 0 aliphatic carbocycles. The van der Waals surface area contributed by atoms with Crippen molar-refractivity contribution >= 4 is 23.3 Å². The molecule has 1 aromatic rings. The number of nitrogens with two attached hydrogens (primary N) is 1. The third kappa shape index (κ3) is 2.08. The molecule has 1 atom stereocenters. The first-order valence-electron chi connectivity index (χ1n) is 5.38. The molecule has 1 aromatic carbocycles. The number of carbonyl (C=O) groups excluding carboxylic acids is 1. The van der Waals surface area contributed by atoms with Gasteiger partial charge in [-0.1, -0.05) is 6.07 Å². The second-order valence-electron chi connectivity index (χ2n) is 4.29. The molecular formula is C12H14N2O3. The van der Waals surface area contributed by atoms with Crippen LogP contribution in [0.1, 0.15) is 12.0 Å². The largest absolute Gasteiger partial charge is 0.481 e. The highest BCUT2D eigenvalue weighted by molar-refractivity contribution is 6.00. The minimum atomic E-state index is -0.928. The van der Waals surface area contributed by atoms with Crippen molar-refractivity contribution in [3.63, 3.8) is 0 Å². The van der Waals surface area contributed by atoms with Crippen molar-refractivity contribution in [1.29, 1.82) is 0 Å². The fourth-order valence-corrected chi connectivity index (χ4v) is 2.02. The Kier molecular flexibility index (Phi) is 2.75. The highest BCUT2D eigenvalue weighted by atomic mass is 16.4. The van der Waals surface area contributed by atoms with Crippen LogP contribution in [0.2, 0.25) is 0 Å². The van der Waals surface area contributed by atoms with Crippen LogP contribution in [0, 0.1) is 12.8 Å². The topological polar surface area (TPSA) is 83.6 Å². The van der Waals surface area contributed by atoms with Crippen LogP contribution in [0.15, 0.2) is 18.2 Å². The molecule has 90 valence electrons. The van der Waals surface area contributed by atoms with E-state index in [1.807, 2.05) is 13.0 Å². The fraction of sp³-hybridized carbons (Fsp3) is 0.333. The molecule has 0 bridgehead atoms. The lowest BCUT2D eigenvalue weighted by atomic mass is 10.1. The van der Waals surface area contributed by atoms with Crippen molar-refractivity contribution in [3.8, 4) is 0 Å². The van der Waals surface area contributed by atoms with E-state index in [0.717, 1.165) is 5.56 Å². The monoisotopic (exact) mass is 234 g/mol. The van der Waals surface area contributed by atoms with E-state index in [2.05, 4.69) is 0 Å². The third-order valence-electron chi connectivity index (χ3n) is 3.00. The van der Waals surface area contributed by atoms with Gasteiger partial charge in [-0.2, -0.15) is 0 Å². The summed E-state index contributed by atoms with van der Waals surface area (Å²) in [5, 5.41) is 8.92. The van der Waals surface area contributed by atoms with Gasteiger partial charge in [0, 0.05) is 24.3 Å². The molecule has 1 fully saturated rings. The van der Waals surface area contributed by atoms with Crippen molar-refractivity contribution < 1.29 is 14.7 Å². The van der Waals surface area contributed by atoms with Crippen LogP contribution in [0.5, 0.6) is 0 Å². The molecule has 0 saturated carbocycles. The molecule has 2 rings (SSSR count).